The Balaban J connectivity index is 1.73. The molecular formula is C14H14BrN5. The van der Waals surface area contributed by atoms with Crippen LogP contribution in [0.3, 0.4) is 0 Å². The zero-order chi connectivity index (χ0) is 13.9. The minimum Gasteiger partial charge on any atom is -0.367 e. The highest BCUT2D eigenvalue weighted by molar-refractivity contribution is 9.10. The molecule has 3 aromatic heterocycles. The zero-order valence-corrected chi connectivity index (χ0v) is 12.6. The highest BCUT2D eigenvalue weighted by Crippen LogP contribution is 2.17. The first kappa shape index (κ1) is 13.1. The Morgan fingerprint density at radius 2 is 2.25 bits per heavy atom. The highest BCUT2D eigenvalue weighted by atomic mass is 79.9. The van der Waals surface area contributed by atoms with Crippen LogP contribution in [0.4, 0.5) is 5.82 Å². The van der Waals surface area contributed by atoms with Gasteiger partial charge in [0.15, 0.2) is 5.65 Å². The van der Waals surface area contributed by atoms with Gasteiger partial charge in [-0.15, -0.1) is 0 Å². The van der Waals surface area contributed by atoms with Crippen LogP contribution in [0.25, 0.3) is 5.65 Å². The molecule has 5 nitrogen and oxygen atoms in total. The Labute approximate surface area is 125 Å². The molecular weight excluding hydrogens is 318 g/mol. The van der Waals surface area contributed by atoms with Gasteiger partial charge in [0.05, 0.1) is 10.7 Å². The van der Waals surface area contributed by atoms with E-state index < -0.39 is 0 Å². The van der Waals surface area contributed by atoms with Gasteiger partial charge in [-0.05, 0) is 41.1 Å². The summed E-state index contributed by atoms with van der Waals surface area (Å²) in [7, 11) is 0. The maximum Gasteiger partial charge on any atom is 0.171 e. The van der Waals surface area contributed by atoms with Crippen molar-refractivity contribution >= 4 is 27.4 Å². The Morgan fingerprint density at radius 3 is 3.05 bits per heavy atom. The number of hydrogen-bond donors (Lipinski definition) is 1. The smallest absolute Gasteiger partial charge is 0.171 e. The zero-order valence-electron chi connectivity index (χ0n) is 11.0. The molecule has 0 spiro atoms. The fourth-order valence-electron chi connectivity index (χ4n) is 2.06. The monoisotopic (exact) mass is 331 g/mol. The van der Waals surface area contributed by atoms with E-state index in [1.165, 1.54) is 0 Å². The first-order valence-electron chi connectivity index (χ1n) is 6.39. The number of fused-ring (bicyclic) bond motifs is 1. The molecule has 6 heteroatoms. The molecule has 0 bridgehead atoms. The standard InChI is InChI=1S/C14H14BrN5/c1-10(8-11-4-2-3-6-16-11)18-13-5-7-20-14(19-13)12(15)9-17-20/h2-7,9-10H,8H2,1H3,(H,18,19). The van der Waals surface area contributed by atoms with Crippen molar-refractivity contribution in [3.63, 3.8) is 0 Å². The average Bonchev–Trinajstić information content (AvgIpc) is 2.81. The lowest BCUT2D eigenvalue weighted by atomic mass is 10.1. The summed E-state index contributed by atoms with van der Waals surface area (Å²) in [6.07, 6.45) is 6.30. The van der Waals surface area contributed by atoms with Gasteiger partial charge in [-0.2, -0.15) is 5.10 Å². The summed E-state index contributed by atoms with van der Waals surface area (Å²) in [5, 5.41) is 7.56. The minimum absolute atomic E-state index is 0.251. The molecule has 0 saturated heterocycles. The minimum atomic E-state index is 0.251. The van der Waals surface area contributed by atoms with Crippen LogP contribution >= 0.6 is 15.9 Å². The van der Waals surface area contributed by atoms with Crippen molar-refractivity contribution in [2.45, 2.75) is 19.4 Å². The third-order valence-electron chi connectivity index (χ3n) is 2.96. The topological polar surface area (TPSA) is 55.1 Å². The Morgan fingerprint density at radius 1 is 1.35 bits per heavy atom. The molecule has 0 aromatic carbocycles. The first-order chi connectivity index (χ1) is 9.72. The molecule has 3 aromatic rings. The Kier molecular flexibility index (Phi) is 3.64. The fourth-order valence-corrected chi connectivity index (χ4v) is 2.42. The number of nitrogens with one attached hydrogen (secondary N) is 1. The van der Waals surface area contributed by atoms with E-state index in [1.54, 1.807) is 10.7 Å². The van der Waals surface area contributed by atoms with Crippen LogP contribution in [0.15, 0.2) is 47.3 Å². The van der Waals surface area contributed by atoms with E-state index in [-0.39, 0.29) is 6.04 Å². The summed E-state index contributed by atoms with van der Waals surface area (Å²) in [6, 6.07) is 8.13. The molecule has 0 aliphatic heterocycles. The van der Waals surface area contributed by atoms with Crippen molar-refractivity contribution in [1.82, 2.24) is 19.6 Å². The van der Waals surface area contributed by atoms with Crippen LogP contribution in [-0.4, -0.2) is 25.6 Å². The molecule has 102 valence electrons. The molecule has 0 fully saturated rings. The third kappa shape index (κ3) is 2.80. The van der Waals surface area contributed by atoms with Gasteiger partial charge in [0.25, 0.3) is 0 Å². The van der Waals surface area contributed by atoms with Crippen molar-refractivity contribution in [2.75, 3.05) is 5.32 Å². The van der Waals surface area contributed by atoms with Crippen molar-refractivity contribution < 1.29 is 0 Å². The van der Waals surface area contributed by atoms with E-state index in [9.17, 15) is 0 Å². The number of nitrogens with zero attached hydrogens (tertiary/aromatic N) is 4. The first-order valence-corrected chi connectivity index (χ1v) is 7.18. The predicted molar refractivity (Wildman–Crippen MR) is 81.7 cm³/mol. The summed E-state index contributed by atoms with van der Waals surface area (Å²) in [5.74, 6) is 0.835. The van der Waals surface area contributed by atoms with Gasteiger partial charge < -0.3 is 5.32 Å². The predicted octanol–water partition coefficient (Wildman–Crippen LogP) is 2.93. The summed E-state index contributed by atoms with van der Waals surface area (Å²) in [4.78, 5) is 8.87. The summed E-state index contributed by atoms with van der Waals surface area (Å²) >= 11 is 3.44. The largest absolute Gasteiger partial charge is 0.367 e. The molecule has 20 heavy (non-hydrogen) atoms. The molecule has 3 rings (SSSR count). The van der Waals surface area contributed by atoms with Gasteiger partial charge in [0.1, 0.15) is 5.82 Å². The SMILES string of the molecule is CC(Cc1ccccn1)Nc1ccn2ncc(Br)c2n1. The Bertz CT molecular complexity index is 710. The molecule has 1 atom stereocenters. The maximum atomic E-state index is 4.54. The summed E-state index contributed by atoms with van der Waals surface area (Å²) in [5.41, 5.74) is 1.87. The van der Waals surface area contributed by atoms with E-state index in [4.69, 9.17) is 0 Å². The highest BCUT2D eigenvalue weighted by Gasteiger charge is 2.07. The summed E-state index contributed by atoms with van der Waals surface area (Å²) < 4.78 is 2.62. The molecule has 3 heterocycles. The van der Waals surface area contributed by atoms with Crippen LogP contribution in [0.2, 0.25) is 0 Å². The van der Waals surface area contributed by atoms with Gasteiger partial charge in [-0.25, -0.2) is 9.50 Å². The lowest BCUT2D eigenvalue weighted by Crippen LogP contribution is -2.19. The van der Waals surface area contributed by atoms with E-state index >= 15 is 0 Å². The van der Waals surface area contributed by atoms with E-state index in [0.29, 0.717) is 0 Å². The van der Waals surface area contributed by atoms with Gasteiger partial charge in [0, 0.05) is 30.6 Å². The number of hydrogen-bond acceptors (Lipinski definition) is 4. The number of halogens is 1. The van der Waals surface area contributed by atoms with Crippen molar-refractivity contribution in [2.24, 2.45) is 0 Å². The normalized spacial score (nSPS) is 12.5. The van der Waals surface area contributed by atoms with Crippen LogP contribution in [0, 0.1) is 0 Å². The van der Waals surface area contributed by atoms with Crippen molar-refractivity contribution in [1.29, 1.82) is 0 Å². The maximum absolute atomic E-state index is 4.54. The van der Waals surface area contributed by atoms with E-state index in [1.807, 2.05) is 36.7 Å². The van der Waals surface area contributed by atoms with Crippen LogP contribution in [0.1, 0.15) is 12.6 Å². The number of pyridine rings is 1. The average molecular weight is 332 g/mol. The molecule has 0 amide bonds. The van der Waals surface area contributed by atoms with Crippen LogP contribution < -0.4 is 5.32 Å². The van der Waals surface area contributed by atoms with Crippen LogP contribution in [0.5, 0.6) is 0 Å². The molecule has 1 unspecified atom stereocenters. The van der Waals surface area contributed by atoms with Gasteiger partial charge >= 0.3 is 0 Å². The number of rotatable bonds is 4. The van der Waals surface area contributed by atoms with Crippen LogP contribution in [-0.2, 0) is 6.42 Å². The number of anilines is 1. The van der Waals surface area contributed by atoms with Gasteiger partial charge in [-0.1, -0.05) is 6.07 Å². The lowest BCUT2D eigenvalue weighted by Gasteiger charge is -2.14. The molecule has 0 aliphatic rings. The Hall–Kier alpha value is -1.95. The van der Waals surface area contributed by atoms with E-state index in [0.717, 1.165) is 28.1 Å². The quantitative estimate of drug-likeness (QED) is 0.798. The second-order valence-corrected chi connectivity index (χ2v) is 5.50. The third-order valence-corrected chi connectivity index (χ3v) is 3.52. The fraction of sp³-hybridized carbons (Fsp3) is 0.214. The van der Waals surface area contributed by atoms with Gasteiger partial charge in [0.2, 0.25) is 0 Å². The number of aromatic nitrogens is 4. The van der Waals surface area contributed by atoms with E-state index in [2.05, 4.69) is 43.2 Å². The molecule has 0 radical (unpaired) electrons. The van der Waals surface area contributed by atoms with Crippen molar-refractivity contribution in [3.05, 3.63) is 53.0 Å². The van der Waals surface area contributed by atoms with Gasteiger partial charge in [-0.3, -0.25) is 4.98 Å². The summed E-state index contributed by atoms with van der Waals surface area (Å²) in [6.45, 7) is 2.12. The molecule has 0 aliphatic carbocycles. The second kappa shape index (κ2) is 5.58. The second-order valence-electron chi connectivity index (χ2n) is 4.64. The molecule has 0 saturated carbocycles. The lowest BCUT2D eigenvalue weighted by molar-refractivity contribution is 0.764. The molecule has 1 N–H and O–H groups in total. The van der Waals surface area contributed by atoms with Crippen molar-refractivity contribution in [3.8, 4) is 0 Å².